The van der Waals surface area contributed by atoms with Gasteiger partial charge in [-0.15, -0.1) is 0 Å². The molecule has 0 spiro atoms. The number of carbonyl (C=O) groups is 1. The lowest BCUT2D eigenvalue weighted by molar-refractivity contribution is -0.133. The van der Waals surface area contributed by atoms with Crippen molar-refractivity contribution in [3.8, 4) is 5.69 Å². The normalized spacial score (nSPS) is 11.1. The third-order valence-corrected chi connectivity index (χ3v) is 3.76. The first-order valence-corrected chi connectivity index (χ1v) is 7.26. The number of halogens is 2. The molecule has 0 bridgehead atoms. The van der Waals surface area contributed by atoms with Gasteiger partial charge < -0.3 is 5.11 Å². The van der Waals surface area contributed by atoms with Crippen molar-refractivity contribution in [1.29, 1.82) is 0 Å². The summed E-state index contributed by atoms with van der Waals surface area (Å²) in [4.78, 5) is 14.8. The summed E-state index contributed by atoms with van der Waals surface area (Å²) >= 11 is 0.966. The van der Waals surface area contributed by atoms with Gasteiger partial charge in [0.1, 0.15) is 11.6 Å². The topological polar surface area (TPSA) is 55.1 Å². The molecule has 0 aliphatic heterocycles. The standard InChI is InChI=1S/C14H14F2N2O2S/c1-8(2)12-6-17-14(21-7-13(19)20)18(12)11-5-9(15)3-4-10(11)16/h3-6,8H,7H2,1-2H3,(H,19,20). The number of rotatable bonds is 5. The highest BCUT2D eigenvalue weighted by atomic mass is 32.2. The summed E-state index contributed by atoms with van der Waals surface area (Å²) in [5.74, 6) is -2.33. The molecule has 0 fully saturated rings. The Labute approximate surface area is 124 Å². The Balaban J connectivity index is 2.55. The zero-order chi connectivity index (χ0) is 15.6. The fourth-order valence-corrected chi connectivity index (χ4v) is 2.59. The molecule has 21 heavy (non-hydrogen) atoms. The zero-order valence-electron chi connectivity index (χ0n) is 11.5. The average molecular weight is 312 g/mol. The van der Waals surface area contributed by atoms with Gasteiger partial charge >= 0.3 is 5.97 Å². The molecule has 0 saturated heterocycles. The number of benzene rings is 1. The van der Waals surface area contributed by atoms with E-state index in [1.54, 1.807) is 6.20 Å². The van der Waals surface area contributed by atoms with Crippen LogP contribution in [0.4, 0.5) is 8.78 Å². The van der Waals surface area contributed by atoms with Crippen LogP contribution in [0.2, 0.25) is 0 Å². The average Bonchev–Trinajstić information content (AvgIpc) is 2.83. The Kier molecular flexibility index (Phi) is 4.62. The molecule has 1 aromatic heterocycles. The third-order valence-electron chi connectivity index (χ3n) is 2.82. The van der Waals surface area contributed by atoms with Gasteiger partial charge in [0.2, 0.25) is 0 Å². The van der Waals surface area contributed by atoms with E-state index in [2.05, 4.69) is 4.98 Å². The lowest BCUT2D eigenvalue weighted by Gasteiger charge is -2.14. The van der Waals surface area contributed by atoms with Crippen molar-refractivity contribution in [2.24, 2.45) is 0 Å². The minimum atomic E-state index is -1.000. The van der Waals surface area contributed by atoms with Gasteiger partial charge in [-0.05, 0) is 18.1 Å². The quantitative estimate of drug-likeness (QED) is 0.859. The summed E-state index contributed by atoms with van der Waals surface area (Å²) in [5.41, 5.74) is 0.719. The number of nitrogens with zero attached hydrogens (tertiary/aromatic N) is 2. The second-order valence-corrected chi connectivity index (χ2v) is 5.68. The number of aromatic nitrogens is 2. The maximum Gasteiger partial charge on any atom is 0.313 e. The molecule has 0 radical (unpaired) electrons. The van der Waals surface area contributed by atoms with E-state index >= 15 is 0 Å². The van der Waals surface area contributed by atoms with Gasteiger partial charge in [-0.2, -0.15) is 0 Å². The Bertz CT molecular complexity index is 671. The molecule has 0 aliphatic rings. The summed E-state index contributed by atoms with van der Waals surface area (Å²) in [7, 11) is 0. The van der Waals surface area contributed by atoms with E-state index < -0.39 is 17.6 Å². The van der Waals surface area contributed by atoms with Gasteiger partial charge in [-0.3, -0.25) is 9.36 Å². The largest absolute Gasteiger partial charge is 0.481 e. The van der Waals surface area contributed by atoms with Gasteiger partial charge in [-0.25, -0.2) is 13.8 Å². The number of carboxylic acids is 1. The second-order valence-electron chi connectivity index (χ2n) is 4.73. The van der Waals surface area contributed by atoms with Crippen LogP contribution in [-0.2, 0) is 4.79 Å². The fourth-order valence-electron chi connectivity index (χ4n) is 1.88. The van der Waals surface area contributed by atoms with E-state index in [0.29, 0.717) is 10.9 Å². The number of hydrogen-bond donors (Lipinski definition) is 1. The molecule has 0 unspecified atom stereocenters. The van der Waals surface area contributed by atoms with E-state index in [0.717, 1.165) is 30.0 Å². The Hall–Kier alpha value is -1.89. The van der Waals surface area contributed by atoms with E-state index in [1.807, 2.05) is 13.8 Å². The molecule has 2 aromatic rings. The number of carboxylic acid groups (broad SMARTS) is 1. The van der Waals surface area contributed by atoms with Crippen LogP contribution in [0.3, 0.4) is 0 Å². The first-order chi connectivity index (χ1) is 9.90. The predicted molar refractivity (Wildman–Crippen MR) is 75.9 cm³/mol. The monoisotopic (exact) mass is 312 g/mol. The maximum atomic E-state index is 14.0. The highest BCUT2D eigenvalue weighted by molar-refractivity contribution is 7.99. The predicted octanol–water partition coefficient (Wildman–Crippen LogP) is 3.45. The Morgan fingerprint density at radius 3 is 2.76 bits per heavy atom. The lowest BCUT2D eigenvalue weighted by atomic mass is 10.1. The molecule has 1 aromatic carbocycles. The first-order valence-electron chi connectivity index (χ1n) is 6.27. The first kappa shape index (κ1) is 15.5. The Morgan fingerprint density at radius 1 is 1.43 bits per heavy atom. The molecule has 2 rings (SSSR count). The van der Waals surface area contributed by atoms with Gasteiger partial charge in [-0.1, -0.05) is 25.6 Å². The number of aliphatic carboxylic acids is 1. The SMILES string of the molecule is CC(C)c1cnc(SCC(=O)O)n1-c1cc(F)ccc1F. The highest BCUT2D eigenvalue weighted by Gasteiger charge is 2.18. The molecule has 1 N–H and O–H groups in total. The van der Waals surface area contributed by atoms with Gasteiger partial charge in [0.05, 0.1) is 17.6 Å². The summed E-state index contributed by atoms with van der Waals surface area (Å²) in [6, 6.07) is 3.16. The van der Waals surface area contributed by atoms with Crippen LogP contribution in [0.5, 0.6) is 0 Å². The van der Waals surface area contributed by atoms with Gasteiger partial charge in [0, 0.05) is 11.8 Å². The van der Waals surface area contributed by atoms with Crippen molar-refractivity contribution in [2.45, 2.75) is 24.9 Å². The van der Waals surface area contributed by atoms with Crippen LogP contribution in [0, 0.1) is 11.6 Å². The third kappa shape index (κ3) is 3.41. The zero-order valence-corrected chi connectivity index (χ0v) is 12.3. The van der Waals surface area contributed by atoms with Crippen LogP contribution >= 0.6 is 11.8 Å². The van der Waals surface area contributed by atoms with Crippen molar-refractivity contribution in [1.82, 2.24) is 9.55 Å². The van der Waals surface area contributed by atoms with Crippen LogP contribution < -0.4 is 0 Å². The number of hydrogen-bond acceptors (Lipinski definition) is 3. The van der Waals surface area contributed by atoms with Crippen molar-refractivity contribution >= 4 is 17.7 Å². The van der Waals surface area contributed by atoms with Gasteiger partial charge in [0.15, 0.2) is 5.16 Å². The van der Waals surface area contributed by atoms with Crippen molar-refractivity contribution in [2.75, 3.05) is 5.75 Å². The summed E-state index contributed by atoms with van der Waals surface area (Å²) in [6.45, 7) is 3.80. The maximum absolute atomic E-state index is 14.0. The molecular formula is C14H14F2N2O2S. The molecule has 0 aliphatic carbocycles. The molecule has 0 saturated carbocycles. The molecular weight excluding hydrogens is 298 g/mol. The lowest BCUT2D eigenvalue weighted by Crippen LogP contribution is -2.07. The Morgan fingerprint density at radius 2 is 2.14 bits per heavy atom. The van der Waals surface area contributed by atoms with Crippen molar-refractivity contribution < 1.29 is 18.7 Å². The van der Waals surface area contributed by atoms with Crippen LogP contribution in [0.1, 0.15) is 25.5 Å². The number of thioether (sulfide) groups is 1. The minimum Gasteiger partial charge on any atom is -0.481 e. The van der Waals surface area contributed by atoms with Crippen LogP contribution in [0.15, 0.2) is 29.6 Å². The van der Waals surface area contributed by atoms with E-state index in [4.69, 9.17) is 5.11 Å². The number of imidazole rings is 1. The van der Waals surface area contributed by atoms with Crippen molar-refractivity contribution in [3.05, 3.63) is 41.7 Å². The van der Waals surface area contributed by atoms with E-state index in [1.165, 1.54) is 4.57 Å². The summed E-state index contributed by atoms with van der Waals surface area (Å²) in [6.07, 6.45) is 1.55. The molecule has 7 heteroatoms. The summed E-state index contributed by atoms with van der Waals surface area (Å²) < 4.78 is 28.9. The minimum absolute atomic E-state index is 0.0272. The van der Waals surface area contributed by atoms with Crippen LogP contribution in [0.25, 0.3) is 5.69 Å². The fraction of sp³-hybridized carbons (Fsp3) is 0.286. The van der Waals surface area contributed by atoms with Crippen LogP contribution in [-0.4, -0.2) is 26.4 Å². The highest BCUT2D eigenvalue weighted by Crippen LogP contribution is 2.29. The van der Waals surface area contributed by atoms with E-state index in [9.17, 15) is 13.6 Å². The summed E-state index contributed by atoms with van der Waals surface area (Å²) in [5, 5.41) is 9.08. The smallest absolute Gasteiger partial charge is 0.313 e. The molecule has 0 atom stereocenters. The molecule has 112 valence electrons. The van der Waals surface area contributed by atoms with E-state index in [-0.39, 0.29) is 17.4 Å². The van der Waals surface area contributed by atoms with Crippen molar-refractivity contribution in [3.63, 3.8) is 0 Å². The molecule has 1 heterocycles. The van der Waals surface area contributed by atoms with Gasteiger partial charge in [0.25, 0.3) is 0 Å². The second kappa shape index (κ2) is 6.26. The molecule has 0 amide bonds. The molecule has 4 nitrogen and oxygen atoms in total.